The molecule has 0 aromatic heterocycles. The van der Waals surface area contributed by atoms with Gasteiger partial charge in [-0.1, -0.05) is 0 Å². The Hall–Kier alpha value is 5.07. The van der Waals surface area contributed by atoms with Crippen LogP contribution in [0.15, 0.2) is 0 Å². The van der Waals surface area contributed by atoms with Gasteiger partial charge in [0.2, 0.25) is 0 Å². The maximum absolute atomic E-state index is 0. The van der Waals surface area contributed by atoms with E-state index in [1.54, 1.807) is 0 Å². The molecule has 0 N–H and O–H groups in total. The molecule has 0 aromatic carbocycles. The standard InChI is InChI=1S/2Bi.3O.2Pb.2H2Te.4H/h;;;;;;;2*1H2;;;;/q2*+3;3*-2;;;;;;;;. The molecular weight excluding hydrogens is 1140 g/mol. The first kappa shape index (κ1) is 93.5. The molecule has 0 fully saturated rings. The molecule has 8 radical (unpaired) electrons. The van der Waals surface area contributed by atoms with Crippen LogP contribution < -0.4 is 0 Å². The Morgan fingerprint density at radius 1 is 0.444 bits per heavy atom. The Morgan fingerprint density at radius 2 is 0.444 bits per heavy atom. The number of hydrogen-bond donors (Lipinski definition) is 0. The average molecular weight is 1140 g/mol. The topological polar surface area (TPSA) is 85.5 Å². The maximum atomic E-state index is 0. The molecule has 0 saturated heterocycles. The van der Waals surface area contributed by atoms with Crippen molar-refractivity contribution in [1.82, 2.24) is 0 Å². The van der Waals surface area contributed by atoms with E-state index in [1.807, 2.05) is 0 Å². The third kappa shape index (κ3) is 62.3. The molecule has 9 heteroatoms. The van der Waals surface area contributed by atoms with E-state index in [2.05, 4.69) is 0 Å². The van der Waals surface area contributed by atoms with Gasteiger partial charge in [-0.2, -0.15) is 0 Å². The van der Waals surface area contributed by atoms with Crippen molar-refractivity contribution >= 4 is 154 Å². The first-order valence-electron chi connectivity index (χ1n) is 0. The van der Waals surface area contributed by atoms with Crippen molar-refractivity contribution in [3.63, 3.8) is 0 Å². The van der Waals surface area contributed by atoms with Gasteiger partial charge in [0, 0.05) is 0 Å². The Balaban J connectivity index is 0. The second kappa shape index (κ2) is 74.1. The van der Waals surface area contributed by atoms with Crippen molar-refractivity contribution in [3.8, 4) is 0 Å². The molecule has 0 amide bonds. The molecule has 0 heterocycles. The summed E-state index contributed by atoms with van der Waals surface area (Å²) in [5.74, 6) is 0. The summed E-state index contributed by atoms with van der Waals surface area (Å²) < 4.78 is 0. The van der Waals surface area contributed by atoms with Gasteiger partial charge in [-0.15, -0.1) is 0 Å². The second-order valence-corrected chi connectivity index (χ2v) is 0. The summed E-state index contributed by atoms with van der Waals surface area (Å²) >= 11 is 0. The molecule has 0 aliphatic carbocycles. The summed E-state index contributed by atoms with van der Waals surface area (Å²) in [6, 6.07) is 0. The van der Waals surface area contributed by atoms with Crippen LogP contribution >= 0.6 is 0 Å². The van der Waals surface area contributed by atoms with Gasteiger partial charge in [0.1, 0.15) is 0 Å². The van der Waals surface area contributed by atoms with E-state index in [4.69, 9.17) is 0 Å². The van der Waals surface area contributed by atoms with E-state index in [-0.39, 0.29) is 171 Å². The Kier molecular flexibility index (Phi) is 770. The number of hydrogen-bond acceptors (Lipinski definition) is 0. The average Bonchev–Trinajstić information content (AvgIpc) is 0. The third-order valence-corrected chi connectivity index (χ3v) is 0. The zero-order valence-corrected chi connectivity index (χ0v) is 28.2. The van der Waals surface area contributed by atoms with Gasteiger partial charge in [0.15, 0.2) is 0 Å². The molecule has 0 aliphatic rings. The fraction of sp³-hybridized carbons (Fsp3) is 0. The van der Waals surface area contributed by atoms with Crippen molar-refractivity contribution in [2.24, 2.45) is 0 Å². The molecule has 0 spiro atoms. The molecule has 56 valence electrons. The Bertz CT molecular complexity index is 17.8. The normalized spacial score (nSPS) is 0. The molecule has 0 atom stereocenters. The molecule has 0 rings (SSSR count). The molecule has 0 saturated carbocycles. The summed E-state index contributed by atoms with van der Waals surface area (Å²) in [7, 11) is 0. The molecule has 0 aliphatic heterocycles. The number of rotatable bonds is 0. The predicted octanol–water partition coefficient (Wildman–Crippen LogP) is -4.78. The molecule has 0 aromatic rings. The van der Waals surface area contributed by atoms with Crippen LogP contribution in [0.5, 0.6) is 0 Å². The van der Waals surface area contributed by atoms with Crippen molar-refractivity contribution in [2.75, 3.05) is 0 Å². The first-order chi connectivity index (χ1) is 0. The van der Waals surface area contributed by atoms with E-state index in [1.165, 1.54) is 0 Å². The van der Waals surface area contributed by atoms with Crippen molar-refractivity contribution in [2.45, 2.75) is 0 Å². The quantitative estimate of drug-likeness (QED) is 0.219. The van der Waals surface area contributed by atoms with Crippen LogP contribution in [0.3, 0.4) is 0 Å². The summed E-state index contributed by atoms with van der Waals surface area (Å²) in [6.07, 6.45) is 0. The van der Waals surface area contributed by atoms with Gasteiger partial charge >= 0.3 is 154 Å². The summed E-state index contributed by atoms with van der Waals surface area (Å²) in [5, 5.41) is 0. The summed E-state index contributed by atoms with van der Waals surface area (Å²) in [4.78, 5) is 0. The van der Waals surface area contributed by atoms with E-state index in [0.717, 1.165) is 0 Å². The van der Waals surface area contributed by atoms with Gasteiger partial charge in [0.25, 0.3) is 0 Å². The second-order valence-electron chi connectivity index (χ2n) is 0. The van der Waals surface area contributed by atoms with Crippen molar-refractivity contribution in [1.29, 1.82) is 0 Å². The Morgan fingerprint density at radius 3 is 0.444 bits per heavy atom. The molecule has 3 nitrogen and oxygen atoms in total. The Labute approximate surface area is 167 Å². The van der Waals surface area contributed by atoms with Gasteiger partial charge in [0.05, 0.1) is 0 Å². The van der Waals surface area contributed by atoms with Crippen LogP contribution in [0.25, 0.3) is 0 Å². The van der Waals surface area contributed by atoms with E-state index in [0.29, 0.717) is 0 Å². The monoisotopic (exact) mass is 1150 g/mol. The van der Waals surface area contributed by atoms with Crippen LogP contribution in [0.1, 0.15) is 0 Å². The SMILES string of the molecule is [Bi+3].[Bi+3].[O-2].[O-2].[O-2].[PbH2].[PbH2].[TeH2].[TeH2]. The molecule has 9 heavy (non-hydrogen) atoms. The van der Waals surface area contributed by atoms with E-state index in [9.17, 15) is 0 Å². The van der Waals surface area contributed by atoms with Crippen LogP contribution in [0.4, 0.5) is 0 Å². The van der Waals surface area contributed by atoms with Crippen LogP contribution in [-0.4, -0.2) is 154 Å². The van der Waals surface area contributed by atoms with Gasteiger partial charge < -0.3 is 16.4 Å². The van der Waals surface area contributed by atoms with Gasteiger partial charge in [-0.3, -0.25) is 0 Å². The van der Waals surface area contributed by atoms with Gasteiger partial charge in [-0.05, 0) is 0 Å². The molecule has 0 unspecified atom stereocenters. The fourth-order valence-electron chi connectivity index (χ4n) is 0. The van der Waals surface area contributed by atoms with E-state index < -0.39 is 0 Å². The predicted molar refractivity (Wildman–Crippen MR) is 47.7 cm³/mol. The zero-order valence-electron chi connectivity index (χ0n) is 4.53. The fourth-order valence-corrected chi connectivity index (χ4v) is 0. The van der Waals surface area contributed by atoms with Crippen molar-refractivity contribution in [3.05, 3.63) is 0 Å². The van der Waals surface area contributed by atoms with E-state index >= 15 is 0 Å². The summed E-state index contributed by atoms with van der Waals surface area (Å²) in [6.45, 7) is 0. The van der Waals surface area contributed by atoms with Crippen LogP contribution in [-0.2, 0) is 16.4 Å². The molecular formula is H8Bi2O3Pb2Te2. The molecule has 0 bridgehead atoms. The summed E-state index contributed by atoms with van der Waals surface area (Å²) in [5.41, 5.74) is 0. The van der Waals surface area contributed by atoms with Gasteiger partial charge in [-0.25, -0.2) is 0 Å². The zero-order chi connectivity index (χ0) is 0. The van der Waals surface area contributed by atoms with Crippen LogP contribution in [0.2, 0.25) is 0 Å². The first-order valence-corrected chi connectivity index (χ1v) is 0. The van der Waals surface area contributed by atoms with Crippen LogP contribution in [0, 0.1) is 0 Å². The van der Waals surface area contributed by atoms with Crippen molar-refractivity contribution < 1.29 is 16.4 Å². The minimum absolute atomic E-state index is 0. The third-order valence-electron chi connectivity index (χ3n) is 0. The minimum atomic E-state index is 0.